The molecule has 1 rings (SSSR count). The molecule has 1 aromatic rings. The topological polar surface area (TPSA) is 60.7 Å². The number of ether oxygens (including phenoxy) is 1. The quantitative estimate of drug-likeness (QED) is 0.491. The smallest absolute Gasteiger partial charge is 0.388 e. The Morgan fingerprint density at radius 3 is 2.10 bits per heavy atom. The zero-order valence-corrected chi connectivity index (χ0v) is 13.9. The first kappa shape index (κ1) is 17.7. The third kappa shape index (κ3) is 5.48. The van der Waals surface area contributed by atoms with Crippen LogP contribution in [0.3, 0.4) is 0 Å². The van der Waals surface area contributed by atoms with Crippen molar-refractivity contribution in [2.45, 2.75) is 33.2 Å². The molecule has 1 aromatic carbocycles. The Balaban J connectivity index is 2.82. The van der Waals surface area contributed by atoms with E-state index < -0.39 is 8.80 Å². The van der Waals surface area contributed by atoms with Gasteiger partial charge in [0, 0.05) is 25.9 Å². The molecule has 0 saturated heterocycles. The molecule has 0 N–H and O–H groups in total. The molecule has 0 amide bonds. The standard InChI is InChI=1S/C15H23NO4Si/c1-4-18-21(19-5-2,20-6-3)12-11-14-9-7-8-10-15(14)17-13-16/h7-10H,4-6,11-12H2,1-3H3. The van der Waals surface area contributed by atoms with Gasteiger partial charge in [0.25, 0.3) is 6.26 Å². The fourth-order valence-electron chi connectivity index (χ4n) is 2.15. The number of aryl methyl sites for hydroxylation is 1. The molecule has 6 heteroatoms. The molecule has 0 fully saturated rings. The zero-order valence-electron chi connectivity index (χ0n) is 12.9. The van der Waals surface area contributed by atoms with Crippen molar-refractivity contribution in [1.29, 1.82) is 5.26 Å². The molecule has 0 heterocycles. The summed E-state index contributed by atoms with van der Waals surface area (Å²) >= 11 is 0. The second-order valence-corrected chi connectivity index (χ2v) is 7.02. The van der Waals surface area contributed by atoms with E-state index in [4.69, 9.17) is 23.3 Å². The molecular weight excluding hydrogens is 286 g/mol. The van der Waals surface area contributed by atoms with Crippen LogP contribution in [0.15, 0.2) is 24.3 Å². The monoisotopic (exact) mass is 309 g/mol. The van der Waals surface area contributed by atoms with Gasteiger partial charge < -0.3 is 18.0 Å². The number of rotatable bonds is 10. The van der Waals surface area contributed by atoms with Gasteiger partial charge in [-0.05, 0) is 38.8 Å². The van der Waals surface area contributed by atoms with Crippen molar-refractivity contribution in [2.75, 3.05) is 19.8 Å². The summed E-state index contributed by atoms with van der Waals surface area (Å²) in [6.45, 7) is 7.49. The van der Waals surface area contributed by atoms with E-state index in [-0.39, 0.29) is 0 Å². The maximum atomic E-state index is 8.69. The maximum absolute atomic E-state index is 8.69. The average Bonchev–Trinajstić information content (AvgIpc) is 2.48. The van der Waals surface area contributed by atoms with E-state index in [1.807, 2.05) is 39.0 Å². The molecule has 0 atom stereocenters. The summed E-state index contributed by atoms with van der Waals surface area (Å²) in [5.74, 6) is 0.576. The molecule has 0 aliphatic rings. The molecule has 21 heavy (non-hydrogen) atoms. The third-order valence-corrected chi connectivity index (χ3v) is 5.97. The van der Waals surface area contributed by atoms with Crippen molar-refractivity contribution < 1.29 is 18.0 Å². The lowest BCUT2D eigenvalue weighted by Crippen LogP contribution is -2.46. The van der Waals surface area contributed by atoms with Crippen molar-refractivity contribution in [3.05, 3.63) is 29.8 Å². The molecule has 0 saturated carbocycles. The highest BCUT2D eigenvalue weighted by atomic mass is 28.4. The second kappa shape index (κ2) is 9.53. The lowest BCUT2D eigenvalue weighted by molar-refractivity contribution is 0.0714. The number of nitrogens with zero attached hydrogens (tertiary/aromatic N) is 1. The molecule has 5 nitrogen and oxygen atoms in total. The third-order valence-electron chi connectivity index (χ3n) is 2.92. The summed E-state index contributed by atoms with van der Waals surface area (Å²) in [4.78, 5) is 0. The van der Waals surface area contributed by atoms with Crippen LogP contribution in [0.1, 0.15) is 26.3 Å². The summed E-state index contributed by atoms with van der Waals surface area (Å²) in [5, 5.41) is 8.69. The molecule has 0 spiro atoms. The minimum absolute atomic E-state index is 0.558. The van der Waals surface area contributed by atoms with Crippen LogP contribution in [-0.2, 0) is 19.7 Å². The van der Waals surface area contributed by atoms with Crippen LogP contribution in [0, 0.1) is 11.5 Å². The Kier molecular flexibility index (Phi) is 8.01. The second-order valence-electron chi connectivity index (χ2n) is 4.28. The Bertz CT molecular complexity index is 444. The Hall–Kier alpha value is -1.39. The molecule has 0 unspecified atom stereocenters. The van der Waals surface area contributed by atoms with Gasteiger partial charge in [-0.2, -0.15) is 0 Å². The molecule has 0 aliphatic carbocycles. The number of hydrogen-bond donors (Lipinski definition) is 0. The highest BCUT2D eigenvalue weighted by molar-refractivity contribution is 6.60. The summed E-state index contributed by atoms with van der Waals surface area (Å²) < 4.78 is 22.4. The van der Waals surface area contributed by atoms with Crippen LogP contribution in [0.4, 0.5) is 0 Å². The number of nitriles is 1. The van der Waals surface area contributed by atoms with E-state index in [1.165, 1.54) is 0 Å². The fourth-order valence-corrected chi connectivity index (χ4v) is 4.73. The normalized spacial score (nSPS) is 11.1. The van der Waals surface area contributed by atoms with E-state index >= 15 is 0 Å². The Labute approximate surface area is 127 Å². The number of hydrogen-bond acceptors (Lipinski definition) is 5. The van der Waals surface area contributed by atoms with E-state index in [1.54, 1.807) is 12.3 Å². The molecule has 0 bridgehead atoms. The van der Waals surface area contributed by atoms with E-state index in [0.717, 1.165) is 5.56 Å². The first-order valence-electron chi connectivity index (χ1n) is 7.27. The predicted molar refractivity (Wildman–Crippen MR) is 81.8 cm³/mol. The Morgan fingerprint density at radius 2 is 1.57 bits per heavy atom. The van der Waals surface area contributed by atoms with Crippen molar-refractivity contribution in [2.24, 2.45) is 0 Å². The van der Waals surface area contributed by atoms with E-state index in [0.29, 0.717) is 38.0 Å². The molecule has 0 aromatic heterocycles. The summed E-state index contributed by atoms with van der Waals surface area (Å²) in [6.07, 6.45) is 2.40. The van der Waals surface area contributed by atoms with Gasteiger partial charge in [0.15, 0.2) is 0 Å². The van der Waals surface area contributed by atoms with Gasteiger partial charge in [-0.15, -0.1) is 5.26 Å². The SMILES string of the molecule is CCO[Si](CCc1ccccc1OC#N)(OCC)OCC. The number of benzene rings is 1. The van der Waals surface area contributed by atoms with Gasteiger partial charge in [-0.1, -0.05) is 18.2 Å². The van der Waals surface area contributed by atoms with Crippen LogP contribution in [0.5, 0.6) is 5.75 Å². The first-order chi connectivity index (χ1) is 10.2. The van der Waals surface area contributed by atoms with Crippen molar-refractivity contribution in [3.63, 3.8) is 0 Å². The predicted octanol–water partition coefficient (Wildman–Crippen LogP) is 3.14. The van der Waals surface area contributed by atoms with Crippen molar-refractivity contribution in [1.82, 2.24) is 0 Å². The number of para-hydroxylation sites is 1. The summed E-state index contributed by atoms with van der Waals surface area (Å²) in [6, 6.07) is 8.15. The van der Waals surface area contributed by atoms with E-state index in [2.05, 4.69) is 0 Å². The largest absolute Gasteiger partial charge is 0.501 e. The van der Waals surface area contributed by atoms with Gasteiger partial charge >= 0.3 is 8.80 Å². The van der Waals surface area contributed by atoms with Gasteiger partial charge in [0.2, 0.25) is 0 Å². The van der Waals surface area contributed by atoms with Gasteiger partial charge in [-0.3, -0.25) is 0 Å². The van der Waals surface area contributed by atoms with Gasteiger partial charge in [-0.25, -0.2) is 0 Å². The lowest BCUT2D eigenvalue weighted by atomic mass is 10.1. The van der Waals surface area contributed by atoms with Crippen LogP contribution in [-0.4, -0.2) is 28.6 Å². The van der Waals surface area contributed by atoms with Crippen LogP contribution in [0.2, 0.25) is 6.04 Å². The average molecular weight is 309 g/mol. The van der Waals surface area contributed by atoms with Crippen molar-refractivity contribution in [3.8, 4) is 12.0 Å². The highest BCUT2D eigenvalue weighted by Gasteiger charge is 2.40. The van der Waals surface area contributed by atoms with Crippen molar-refractivity contribution >= 4 is 8.80 Å². The fraction of sp³-hybridized carbons (Fsp3) is 0.533. The molecular formula is C15H23NO4Si. The summed E-state index contributed by atoms with van der Waals surface area (Å²) in [5.41, 5.74) is 0.954. The minimum atomic E-state index is -2.66. The van der Waals surface area contributed by atoms with E-state index in [9.17, 15) is 0 Å². The lowest BCUT2D eigenvalue weighted by Gasteiger charge is -2.28. The first-order valence-corrected chi connectivity index (χ1v) is 9.20. The van der Waals surface area contributed by atoms with Crippen LogP contribution >= 0.6 is 0 Å². The maximum Gasteiger partial charge on any atom is 0.501 e. The molecule has 0 aliphatic heterocycles. The zero-order chi connectivity index (χ0) is 15.6. The van der Waals surface area contributed by atoms with Crippen LogP contribution in [0.25, 0.3) is 0 Å². The molecule has 116 valence electrons. The molecule has 0 radical (unpaired) electrons. The van der Waals surface area contributed by atoms with Crippen LogP contribution < -0.4 is 4.74 Å². The summed E-state index contributed by atoms with van der Waals surface area (Å²) in [7, 11) is -2.66. The highest BCUT2D eigenvalue weighted by Crippen LogP contribution is 2.24. The van der Waals surface area contributed by atoms with Gasteiger partial charge in [0.05, 0.1) is 0 Å². The van der Waals surface area contributed by atoms with Gasteiger partial charge in [0.1, 0.15) is 5.75 Å². The Morgan fingerprint density at radius 1 is 1.00 bits per heavy atom. The minimum Gasteiger partial charge on any atom is -0.388 e.